The second-order valence-corrected chi connectivity index (χ2v) is 5.39. The maximum Gasteiger partial charge on any atom is 0.326 e. The van der Waals surface area contributed by atoms with E-state index in [1.807, 2.05) is 6.92 Å². The van der Waals surface area contributed by atoms with Gasteiger partial charge in [-0.25, -0.2) is 9.59 Å². The van der Waals surface area contributed by atoms with Crippen LogP contribution in [0.5, 0.6) is 0 Å². The maximum atomic E-state index is 12.0. The van der Waals surface area contributed by atoms with Crippen LogP contribution in [0.3, 0.4) is 0 Å². The minimum Gasteiger partial charge on any atom is -0.480 e. The van der Waals surface area contributed by atoms with Crippen LogP contribution in [0.1, 0.15) is 47.0 Å². The molecule has 2 atom stereocenters. The van der Waals surface area contributed by atoms with Crippen molar-refractivity contribution in [2.75, 3.05) is 26.7 Å². The molecule has 0 heterocycles. The zero-order valence-corrected chi connectivity index (χ0v) is 14.1. The summed E-state index contributed by atoms with van der Waals surface area (Å²) in [6.07, 6.45) is 2.30. The Kier molecular flexibility index (Phi) is 9.78. The number of carboxylic acids is 1. The number of carboxylic acid groups (broad SMARTS) is 1. The lowest BCUT2D eigenvalue weighted by molar-refractivity contribution is -0.141. The first kappa shape index (κ1) is 19.7. The quantitative estimate of drug-likeness (QED) is 0.647. The Labute approximate surface area is 128 Å². The third-order valence-electron chi connectivity index (χ3n) is 3.84. The molecule has 0 rings (SSSR count). The molecule has 2 N–H and O–H groups in total. The van der Waals surface area contributed by atoms with Crippen LogP contribution in [0.15, 0.2) is 0 Å². The predicted octanol–water partition coefficient (Wildman–Crippen LogP) is 2.00. The number of nitrogens with one attached hydrogen (secondary N) is 1. The summed E-state index contributed by atoms with van der Waals surface area (Å²) < 4.78 is 0. The third-order valence-corrected chi connectivity index (χ3v) is 3.84. The topological polar surface area (TPSA) is 72.9 Å². The molecule has 6 nitrogen and oxygen atoms in total. The number of hydrogen-bond acceptors (Lipinski definition) is 3. The van der Waals surface area contributed by atoms with E-state index in [1.165, 1.54) is 11.9 Å². The van der Waals surface area contributed by atoms with Crippen molar-refractivity contribution in [2.45, 2.75) is 59.0 Å². The number of aliphatic carboxylic acids is 1. The smallest absolute Gasteiger partial charge is 0.326 e. The highest BCUT2D eigenvalue weighted by Crippen LogP contribution is 2.05. The summed E-state index contributed by atoms with van der Waals surface area (Å²) >= 11 is 0. The predicted molar refractivity (Wildman–Crippen MR) is 84.5 cm³/mol. The molecule has 2 unspecified atom stereocenters. The van der Waals surface area contributed by atoms with Crippen LogP contribution in [0.25, 0.3) is 0 Å². The molecule has 0 aromatic heterocycles. The van der Waals surface area contributed by atoms with Crippen LogP contribution >= 0.6 is 0 Å². The van der Waals surface area contributed by atoms with Crippen molar-refractivity contribution in [2.24, 2.45) is 0 Å². The van der Waals surface area contributed by atoms with Crippen molar-refractivity contribution in [3.63, 3.8) is 0 Å². The fourth-order valence-corrected chi connectivity index (χ4v) is 2.30. The molecular weight excluding hydrogens is 270 g/mol. The molecule has 0 saturated heterocycles. The monoisotopic (exact) mass is 301 g/mol. The average molecular weight is 301 g/mol. The SMILES string of the molecule is CCC(C(=O)O)N(C)C(=O)NC(C)CCCN(CC)CC. The maximum absolute atomic E-state index is 12.0. The van der Waals surface area contributed by atoms with E-state index in [-0.39, 0.29) is 12.1 Å². The van der Waals surface area contributed by atoms with E-state index in [9.17, 15) is 9.59 Å². The molecule has 0 aliphatic heterocycles. The lowest BCUT2D eigenvalue weighted by atomic mass is 10.1. The largest absolute Gasteiger partial charge is 0.480 e. The number of carbonyl (C=O) groups is 2. The van der Waals surface area contributed by atoms with Crippen molar-refractivity contribution in [1.29, 1.82) is 0 Å². The van der Waals surface area contributed by atoms with Crippen molar-refractivity contribution < 1.29 is 14.7 Å². The van der Waals surface area contributed by atoms with Gasteiger partial charge in [0.2, 0.25) is 0 Å². The van der Waals surface area contributed by atoms with Gasteiger partial charge >= 0.3 is 12.0 Å². The zero-order valence-electron chi connectivity index (χ0n) is 14.1. The lowest BCUT2D eigenvalue weighted by Gasteiger charge is -2.26. The van der Waals surface area contributed by atoms with Crippen molar-refractivity contribution in [3.8, 4) is 0 Å². The molecule has 0 saturated carbocycles. The van der Waals surface area contributed by atoms with E-state index in [2.05, 4.69) is 24.1 Å². The summed E-state index contributed by atoms with van der Waals surface area (Å²) in [4.78, 5) is 26.7. The van der Waals surface area contributed by atoms with E-state index in [0.717, 1.165) is 32.5 Å². The second kappa shape index (κ2) is 10.4. The van der Waals surface area contributed by atoms with Gasteiger partial charge in [0.1, 0.15) is 6.04 Å². The van der Waals surface area contributed by atoms with Crippen LogP contribution in [0.2, 0.25) is 0 Å². The number of nitrogens with zero attached hydrogens (tertiary/aromatic N) is 2. The van der Waals surface area contributed by atoms with Crippen molar-refractivity contribution >= 4 is 12.0 Å². The van der Waals surface area contributed by atoms with Crippen LogP contribution in [0, 0.1) is 0 Å². The summed E-state index contributed by atoms with van der Waals surface area (Å²) in [5, 5.41) is 11.9. The van der Waals surface area contributed by atoms with Gasteiger partial charge in [0.15, 0.2) is 0 Å². The molecule has 0 aromatic carbocycles. The van der Waals surface area contributed by atoms with Gasteiger partial charge < -0.3 is 20.2 Å². The van der Waals surface area contributed by atoms with Gasteiger partial charge in [0, 0.05) is 13.1 Å². The van der Waals surface area contributed by atoms with E-state index in [0.29, 0.717) is 6.42 Å². The Morgan fingerprint density at radius 1 is 1.19 bits per heavy atom. The standard InChI is InChI=1S/C15H31N3O3/c1-6-13(14(19)20)17(5)15(21)16-12(4)10-9-11-18(7-2)8-3/h12-13H,6-11H2,1-5H3,(H,16,21)(H,19,20). The van der Waals surface area contributed by atoms with Gasteiger partial charge in [-0.15, -0.1) is 0 Å². The van der Waals surface area contributed by atoms with Crippen molar-refractivity contribution in [1.82, 2.24) is 15.1 Å². The first-order valence-corrected chi connectivity index (χ1v) is 7.85. The number of hydrogen-bond donors (Lipinski definition) is 2. The molecule has 21 heavy (non-hydrogen) atoms. The van der Waals surface area contributed by atoms with E-state index >= 15 is 0 Å². The Hall–Kier alpha value is -1.30. The Balaban J connectivity index is 4.16. The minimum absolute atomic E-state index is 0.0433. The first-order chi connectivity index (χ1) is 9.87. The molecule has 0 aliphatic carbocycles. The molecule has 0 spiro atoms. The van der Waals surface area contributed by atoms with Crippen molar-refractivity contribution in [3.05, 3.63) is 0 Å². The number of rotatable bonds is 10. The number of likely N-dealkylation sites (N-methyl/N-ethyl adjacent to an activating group) is 1. The zero-order chi connectivity index (χ0) is 16.4. The van der Waals surface area contributed by atoms with Gasteiger partial charge in [0.05, 0.1) is 0 Å². The number of amides is 2. The molecule has 2 amide bonds. The minimum atomic E-state index is -0.968. The van der Waals surface area contributed by atoms with Crippen LogP contribution in [-0.2, 0) is 4.79 Å². The molecule has 0 fully saturated rings. The third kappa shape index (κ3) is 7.32. The van der Waals surface area contributed by atoms with Crippen LogP contribution in [-0.4, -0.2) is 65.7 Å². The first-order valence-electron chi connectivity index (χ1n) is 7.85. The molecule has 0 aliphatic rings. The van der Waals surface area contributed by atoms with Gasteiger partial charge in [-0.1, -0.05) is 20.8 Å². The molecule has 0 radical (unpaired) electrons. The summed E-state index contributed by atoms with van der Waals surface area (Å²) in [5.41, 5.74) is 0. The summed E-state index contributed by atoms with van der Waals surface area (Å²) in [5.74, 6) is -0.968. The highest BCUT2D eigenvalue weighted by molar-refractivity contribution is 5.82. The Morgan fingerprint density at radius 3 is 2.19 bits per heavy atom. The second-order valence-electron chi connectivity index (χ2n) is 5.39. The molecule has 6 heteroatoms. The Morgan fingerprint density at radius 2 is 1.76 bits per heavy atom. The highest BCUT2D eigenvalue weighted by atomic mass is 16.4. The fourth-order valence-electron chi connectivity index (χ4n) is 2.30. The molecule has 0 aromatic rings. The average Bonchev–Trinajstić information content (AvgIpc) is 2.43. The number of urea groups is 1. The van der Waals surface area contributed by atoms with Gasteiger partial charge in [-0.3, -0.25) is 0 Å². The molecule has 124 valence electrons. The van der Waals surface area contributed by atoms with Gasteiger partial charge in [0.25, 0.3) is 0 Å². The van der Waals surface area contributed by atoms with E-state index in [4.69, 9.17) is 5.11 Å². The van der Waals surface area contributed by atoms with Crippen LogP contribution in [0.4, 0.5) is 4.79 Å². The fraction of sp³-hybridized carbons (Fsp3) is 0.867. The van der Waals surface area contributed by atoms with E-state index in [1.54, 1.807) is 6.92 Å². The Bertz CT molecular complexity index is 319. The van der Waals surface area contributed by atoms with E-state index < -0.39 is 12.0 Å². The molecular formula is C15H31N3O3. The summed E-state index contributed by atoms with van der Waals surface area (Å²) in [7, 11) is 1.53. The normalized spacial score (nSPS) is 13.8. The number of carbonyl (C=O) groups excluding carboxylic acids is 1. The van der Waals surface area contributed by atoms with Crippen LogP contribution < -0.4 is 5.32 Å². The summed E-state index contributed by atoms with van der Waals surface area (Å²) in [6.45, 7) is 11.1. The molecule has 0 bridgehead atoms. The summed E-state index contributed by atoms with van der Waals surface area (Å²) in [6, 6.07) is -1.05. The van der Waals surface area contributed by atoms with Gasteiger partial charge in [-0.2, -0.15) is 0 Å². The van der Waals surface area contributed by atoms with Gasteiger partial charge in [-0.05, 0) is 45.8 Å². The lowest BCUT2D eigenvalue weighted by Crippen LogP contribution is -2.49. The highest BCUT2D eigenvalue weighted by Gasteiger charge is 2.25.